The van der Waals surface area contributed by atoms with Crippen molar-refractivity contribution in [3.05, 3.63) is 35.6 Å². The average Bonchev–Trinajstić information content (AvgIpc) is 3.03. The normalized spacial score (nSPS) is 15.7. The van der Waals surface area contributed by atoms with Gasteiger partial charge < -0.3 is 20.0 Å². The van der Waals surface area contributed by atoms with Crippen LogP contribution < -0.4 is 10.6 Å². The largest absolute Gasteiger partial charge is 0.459 e. The SMILES string of the molecule is CCNC(=NCc1oc2ccccc2c1C)NC1CCN(CC(=O)N(C)C)CC1.I. The molecule has 166 valence electrons. The molecule has 0 saturated carbocycles. The number of carbonyl (C=O) groups excluding carboxylic acids is 1. The Kier molecular flexibility index (Phi) is 9.41. The van der Waals surface area contributed by atoms with Crippen LogP contribution in [0, 0.1) is 6.92 Å². The zero-order valence-corrected chi connectivity index (χ0v) is 20.7. The summed E-state index contributed by atoms with van der Waals surface area (Å²) in [5, 5.41) is 8.04. The molecule has 0 atom stereocenters. The van der Waals surface area contributed by atoms with Crippen molar-refractivity contribution in [2.24, 2.45) is 4.99 Å². The van der Waals surface area contributed by atoms with Crippen LogP contribution >= 0.6 is 24.0 Å². The van der Waals surface area contributed by atoms with Crippen LogP contribution in [0.15, 0.2) is 33.7 Å². The van der Waals surface area contributed by atoms with Gasteiger partial charge in [0, 0.05) is 50.7 Å². The van der Waals surface area contributed by atoms with Gasteiger partial charge in [-0.05, 0) is 32.8 Å². The molecule has 0 aliphatic carbocycles. The van der Waals surface area contributed by atoms with E-state index in [1.807, 2.05) is 18.2 Å². The predicted molar refractivity (Wildman–Crippen MR) is 132 cm³/mol. The fourth-order valence-corrected chi connectivity index (χ4v) is 3.61. The number of fused-ring (bicyclic) bond motifs is 1. The molecule has 1 aromatic carbocycles. The number of rotatable bonds is 6. The van der Waals surface area contributed by atoms with Crippen molar-refractivity contribution < 1.29 is 9.21 Å². The number of nitrogens with zero attached hydrogens (tertiary/aromatic N) is 3. The van der Waals surface area contributed by atoms with Gasteiger partial charge in [-0.25, -0.2) is 4.99 Å². The Bertz CT molecular complexity index is 856. The fraction of sp³-hybridized carbons (Fsp3) is 0.545. The summed E-state index contributed by atoms with van der Waals surface area (Å²) in [5.74, 6) is 1.88. The second kappa shape index (κ2) is 11.5. The number of benzene rings is 1. The molecule has 2 aromatic rings. The highest BCUT2D eigenvalue weighted by atomic mass is 127. The lowest BCUT2D eigenvalue weighted by atomic mass is 10.1. The number of amides is 1. The molecular formula is C22H34IN5O2. The maximum absolute atomic E-state index is 11.9. The van der Waals surface area contributed by atoms with Gasteiger partial charge in [0.2, 0.25) is 5.91 Å². The van der Waals surface area contributed by atoms with Gasteiger partial charge in [0.05, 0.1) is 6.54 Å². The number of hydrogen-bond donors (Lipinski definition) is 2. The molecule has 1 amide bonds. The average molecular weight is 527 g/mol. The van der Waals surface area contributed by atoms with E-state index in [0.29, 0.717) is 19.1 Å². The highest BCUT2D eigenvalue weighted by Gasteiger charge is 2.22. The minimum absolute atomic E-state index is 0. The molecular weight excluding hydrogens is 493 g/mol. The van der Waals surface area contributed by atoms with Crippen molar-refractivity contribution in [2.45, 2.75) is 39.3 Å². The van der Waals surface area contributed by atoms with Crippen molar-refractivity contribution in [3.8, 4) is 0 Å². The minimum atomic E-state index is 0. The van der Waals surface area contributed by atoms with Crippen LogP contribution in [0.2, 0.25) is 0 Å². The second-order valence-corrected chi connectivity index (χ2v) is 7.82. The van der Waals surface area contributed by atoms with E-state index in [1.54, 1.807) is 19.0 Å². The van der Waals surface area contributed by atoms with Gasteiger partial charge in [0.1, 0.15) is 17.9 Å². The summed E-state index contributed by atoms with van der Waals surface area (Å²) in [5.41, 5.74) is 2.06. The van der Waals surface area contributed by atoms with E-state index in [4.69, 9.17) is 9.41 Å². The molecule has 0 bridgehead atoms. The molecule has 7 nitrogen and oxygen atoms in total. The molecule has 0 radical (unpaired) electrons. The molecule has 8 heteroatoms. The maximum Gasteiger partial charge on any atom is 0.236 e. The van der Waals surface area contributed by atoms with Crippen LogP contribution in [0.25, 0.3) is 11.0 Å². The zero-order valence-electron chi connectivity index (χ0n) is 18.4. The predicted octanol–water partition coefficient (Wildman–Crippen LogP) is 2.97. The number of aliphatic imine (C=N–C) groups is 1. The fourth-order valence-electron chi connectivity index (χ4n) is 3.61. The second-order valence-electron chi connectivity index (χ2n) is 7.82. The third-order valence-corrected chi connectivity index (χ3v) is 5.45. The lowest BCUT2D eigenvalue weighted by Crippen LogP contribution is -2.50. The molecule has 3 rings (SSSR count). The molecule has 1 aliphatic rings. The van der Waals surface area contributed by atoms with Crippen LogP contribution in [0.4, 0.5) is 0 Å². The number of furan rings is 1. The van der Waals surface area contributed by atoms with Gasteiger partial charge in [-0.2, -0.15) is 0 Å². The number of likely N-dealkylation sites (N-methyl/N-ethyl adjacent to an activating group) is 1. The lowest BCUT2D eigenvalue weighted by Gasteiger charge is -2.33. The Morgan fingerprint density at radius 3 is 2.60 bits per heavy atom. The van der Waals surface area contributed by atoms with Crippen LogP contribution in [0.3, 0.4) is 0 Å². The summed E-state index contributed by atoms with van der Waals surface area (Å²) < 4.78 is 5.98. The summed E-state index contributed by atoms with van der Waals surface area (Å²) in [7, 11) is 3.61. The molecule has 0 spiro atoms. The summed E-state index contributed by atoms with van der Waals surface area (Å²) >= 11 is 0. The number of nitrogens with one attached hydrogen (secondary N) is 2. The summed E-state index contributed by atoms with van der Waals surface area (Å²) in [6, 6.07) is 8.45. The Labute approximate surface area is 196 Å². The first-order chi connectivity index (χ1) is 14.0. The van der Waals surface area contributed by atoms with Gasteiger partial charge >= 0.3 is 0 Å². The molecule has 1 aliphatic heterocycles. The molecule has 1 fully saturated rings. The zero-order chi connectivity index (χ0) is 20.8. The molecule has 1 saturated heterocycles. The van der Waals surface area contributed by atoms with E-state index in [-0.39, 0.29) is 29.9 Å². The summed E-state index contributed by atoms with van der Waals surface area (Å²) in [4.78, 5) is 20.5. The van der Waals surface area contributed by atoms with E-state index < -0.39 is 0 Å². The van der Waals surface area contributed by atoms with E-state index >= 15 is 0 Å². The Morgan fingerprint density at radius 1 is 1.27 bits per heavy atom. The first-order valence-electron chi connectivity index (χ1n) is 10.4. The molecule has 0 unspecified atom stereocenters. The van der Waals surface area contributed by atoms with Crippen LogP contribution in [0.1, 0.15) is 31.1 Å². The molecule has 1 aromatic heterocycles. The first-order valence-corrected chi connectivity index (χ1v) is 10.4. The van der Waals surface area contributed by atoms with E-state index in [2.05, 4.69) is 35.4 Å². The number of carbonyl (C=O) groups is 1. The number of piperidine rings is 1. The first kappa shape index (κ1) is 24.5. The van der Waals surface area contributed by atoms with Gasteiger partial charge in [0.15, 0.2) is 5.96 Å². The van der Waals surface area contributed by atoms with Crippen molar-refractivity contribution in [1.82, 2.24) is 20.4 Å². The maximum atomic E-state index is 11.9. The van der Waals surface area contributed by atoms with E-state index in [1.165, 1.54) is 0 Å². The number of halogens is 1. The van der Waals surface area contributed by atoms with E-state index in [9.17, 15) is 4.79 Å². The van der Waals surface area contributed by atoms with Gasteiger partial charge in [-0.15, -0.1) is 24.0 Å². The molecule has 2 heterocycles. The molecule has 2 N–H and O–H groups in total. The van der Waals surface area contributed by atoms with Crippen molar-refractivity contribution in [1.29, 1.82) is 0 Å². The number of aryl methyl sites for hydroxylation is 1. The van der Waals surface area contributed by atoms with Gasteiger partial charge in [0.25, 0.3) is 0 Å². The lowest BCUT2D eigenvalue weighted by molar-refractivity contribution is -0.130. The topological polar surface area (TPSA) is 73.1 Å². The number of para-hydroxylation sites is 1. The van der Waals surface area contributed by atoms with Crippen LogP contribution in [-0.4, -0.2) is 68.0 Å². The number of likely N-dealkylation sites (tertiary alicyclic amines) is 1. The van der Waals surface area contributed by atoms with Crippen molar-refractivity contribution >= 4 is 46.8 Å². The van der Waals surface area contributed by atoms with Crippen molar-refractivity contribution in [2.75, 3.05) is 40.3 Å². The van der Waals surface area contributed by atoms with Crippen molar-refractivity contribution in [3.63, 3.8) is 0 Å². The standard InChI is InChI=1S/C22H33N5O2.HI/c1-5-23-22(24-14-20-16(2)18-8-6-7-9-19(18)29-20)25-17-10-12-27(13-11-17)15-21(28)26(3)4;/h6-9,17H,5,10-15H2,1-4H3,(H2,23,24,25);1H. The van der Waals surface area contributed by atoms with Crippen LogP contribution in [0.5, 0.6) is 0 Å². The van der Waals surface area contributed by atoms with Gasteiger partial charge in [-0.1, -0.05) is 18.2 Å². The molecule has 30 heavy (non-hydrogen) atoms. The summed E-state index contributed by atoms with van der Waals surface area (Å²) in [6.07, 6.45) is 1.99. The monoisotopic (exact) mass is 527 g/mol. The van der Waals surface area contributed by atoms with E-state index in [0.717, 1.165) is 60.7 Å². The highest BCUT2D eigenvalue weighted by Crippen LogP contribution is 2.25. The van der Waals surface area contributed by atoms with Crippen LogP contribution in [-0.2, 0) is 11.3 Å². The van der Waals surface area contributed by atoms with Gasteiger partial charge in [-0.3, -0.25) is 9.69 Å². The smallest absolute Gasteiger partial charge is 0.236 e. The Morgan fingerprint density at radius 2 is 1.97 bits per heavy atom. The summed E-state index contributed by atoms with van der Waals surface area (Å²) in [6.45, 7) is 7.80. The number of hydrogen-bond acceptors (Lipinski definition) is 4. The quantitative estimate of drug-likeness (QED) is 0.344. The highest BCUT2D eigenvalue weighted by molar-refractivity contribution is 14.0. The number of guanidine groups is 1. The third-order valence-electron chi connectivity index (χ3n) is 5.45. The Balaban J connectivity index is 0.00000320. The Hall–Kier alpha value is -1.81. The third kappa shape index (κ3) is 6.34. The minimum Gasteiger partial charge on any atom is -0.459 e.